The highest BCUT2D eigenvalue weighted by atomic mass is 32.2. The van der Waals surface area contributed by atoms with E-state index in [2.05, 4.69) is 10.1 Å². The fraction of sp³-hybridized carbons (Fsp3) is 0.636. The molecule has 4 N–H and O–H groups in total. The molecule has 0 heterocycles. The molecule has 0 unspecified atom stereocenters. The van der Waals surface area contributed by atoms with Crippen molar-refractivity contribution in [3.8, 4) is 0 Å². The van der Waals surface area contributed by atoms with Crippen LogP contribution < -0.4 is 11.1 Å². The van der Waals surface area contributed by atoms with E-state index >= 15 is 0 Å². The highest BCUT2D eigenvalue weighted by Crippen LogP contribution is 2.03. The number of nitrogens with two attached hydrogens (primary N) is 1. The molecule has 2 amide bonds. The number of rotatable bonds is 10. The van der Waals surface area contributed by atoms with E-state index in [4.69, 9.17) is 10.8 Å². The number of nitrogens with one attached hydrogen (secondary N) is 1. The van der Waals surface area contributed by atoms with Gasteiger partial charge in [0.2, 0.25) is 11.8 Å². The Morgan fingerprint density at radius 2 is 1.95 bits per heavy atom. The van der Waals surface area contributed by atoms with Gasteiger partial charge in [-0.15, -0.1) is 0 Å². The van der Waals surface area contributed by atoms with Crippen LogP contribution in [-0.2, 0) is 23.9 Å². The number of methoxy groups -OCH3 is 1. The first-order valence-corrected chi connectivity index (χ1v) is 6.97. The number of amides is 2. The van der Waals surface area contributed by atoms with E-state index in [-0.39, 0.29) is 25.0 Å². The lowest BCUT2D eigenvalue weighted by Crippen LogP contribution is -2.41. The van der Waals surface area contributed by atoms with Crippen molar-refractivity contribution in [2.75, 3.05) is 18.6 Å². The zero-order chi connectivity index (χ0) is 15.5. The molecule has 0 saturated heterocycles. The van der Waals surface area contributed by atoms with Gasteiger partial charge in [0.1, 0.15) is 6.04 Å². The number of carbonyl (C=O) groups is 4. The Balaban J connectivity index is 4.04. The third kappa shape index (κ3) is 9.20. The second-order valence-corrected chi connectivity index (χ2v) is 4.95. The van der Waals surface area contributed by atoms with Crippen molar-refractivity contribution in [2.24, 2.45) is 5.73 Å². The van der Waals surface area contributed by atoms with Crippen LogP contribution in [0, 0.1) is 0 Å². The molecule has 8 nitrogen and oxygen atoms in total. The van der Waals surface area contributed by atoms with Gasteiger partial charge in [0.25, 0.3) is 0 Å². The Bertz CT molecular complexity index is 374. The van der Waals surface area contributed by atoms with Gasteiger partial charge in [0, 0.05) is 18.6 Å². The zero-order valence-corrected chi connectivity index (χ0v) is 11.9. The molecule has 0 saturated carbocycles. The molecule has 0 aromatic heterocycles. The summed E-state index contributed by atoms with van der Waals surface area (Å²) in [7, 11) is 1.20. The van der Waals surface area contributed by atoms with Crippen LogP contribution in [0.2, 0.25) is 0 Å². The van der Waals surface area contributed by atoms with Gasteiger partial charge in [-0.25, -0.2) is 4.79 Å². The average Bonchev–Trinajstić information content (AvgIpc) is 2.38. The maximum atomic E-state index is 11.5. The van der Waals surface area contributed by atoms with Crippen LogP contribution in [0.5, 0.6) is 0 Å². The Hall–Kier alpha value is -1.77. The lowest BCUT2D eigenvalue weighted by molar-refractivity contribution is -0.144. The molecule has 1 atom stereocenters. The summed E-state index contributed by atoms with van der Waals surface area (Å²) in [6.45, 7) is 0. The smallest absolute Gasteiger partial charge is 0.326 e. The molecule has 20 heavy (non-hydrogen) atoms. The summed E-state index contributed by atoms with van der Waals surface area (Å²) < 4.78 is 4.40. The predicted octanol–water partition coefficient (Wildman–Crippen LogP) is -0.882. The summed E-state index contributed by atoms with van der Waals surface area (Å²) >= 11 is 1.19. The average molecular weight is 306 g/mol. The Kier molecular flexibility index (Phi) is 9.18. The highest BCUT2D eigenvalue weighted by Gasteiger charge is 2.20. The molecule has 0 bridgehead atoms. The zero-order valence-electron chi connectivity index (χ0n) is 11.1. The molecule has 0 aliphatic rings. The largest absolute Gasteiger partial charge is 0.480 e. The molecule has 0 spiro atoms. The van der Waals surface area contributed by atoms with Crippen LogP contribution >= 0.6 is 11.8 Å². The van der Waals surface area contributed by atoms with Crippen LogP contribution in [0.3, 0.4) is 0 Å². The van der Waals surface area contributed by atoms with E-state index in [1.54, 1.807) is 0 Å². The van der Waals surface area contributed by atoms with Gasteiger partial charge >= 0.3 is 11.9 Å². The van der Waals surface area contributed by atoms with Crippen molar-refractivity contribution in [3.63, 3.8) is 0 Å². The minimum absolute atomic E-state index is 0.0395. The van der Waals surface area contributed by atoms with E-state index in [0.29, 0.717) is 5.75 Å². The number of aliphatic carboxylic acids is 1. The number of thioether (sulfide) groups is 1. The van der Waals surface area contributed by atoms with Gasteiger partial charge in [-0.05, 0) is 6.42 Å². The van der Waals surface area contributed by atoms with Crippen molar-refractivity contribution in [2.45, 2.75) is 25.3 Å². The second-order valence-electron chi connectivity index (χ2n) is 3.84. The number of ether oxygens (including phenoxy) is 1. The first-order valence-electron chi connectivity index (χ1n) is 5.81. The quantitative estimate of drug-likeness (QED) is 0.352. The first kappa shape index (κ1) is 18.2. The normalized spacial score (nSPS) is 11.4. The standard InChI is InChI=1S/C11H18N2O6S/c1-19-10(16)3-2-7(11(17)18)13-9(15)4-5-20-6-8(12)14/h7H,2-6H2,1H3,(H2,12,14)(H,13,15)(H,17,18)/t7-/m1/s1. The van der Waals surface area contributed by atoms with E-state index in [1.807, 2.05) is 0 Å². The van der Waals surface area contributed by atoms with E-state index < -0.39 is 29.8 Å². The lowest BCUT2D eigenvalue weighted by Gasteiger charge is -2.13. The summed E-state index contributed by atoms with van der Waals surface area (Å²) in [5.74, 6) is -2.22. The van der Waals surface area contributed by atoms with Crippen LogP contribution in [0.15, 0.2) is 0 Å². The van der Waals surface area contributed by atoms with E-state index in [0.717, 1.165) is 0 Å². The summed E-state index contributed by atoms with van der Waals surface area (Å²) in [5, 5.41) is 11.2. The molecule has 0 aliphatic heterocycles. The fourth-order valence-electron chi connectivity index (χ4n) is 1.23. The number of hydrogen-bond acceptors (Lipinski definition) is 6. The molecule has 9 heteroatoms. The van der Waals surface area contributed by atoms with Crippen LogP contribution in [0.1, 0.15) is 19.3 Å². The molecule has 0 radical (unpaired) electrons. The van der Waals surface area contributed by atoms with Crippen LogP contribution in [0.25, 0.3) is 0 Å². The molecule has 0 fully saturated rings. The van der Waals surface area contributed by atoms with Gasteiger partial charge in [0.15, 0.2) is 0 Å². The van der Waals surface area contributed by atoms with Gasteiger partial charge in [-0.1, -0.05) is 0 Å². The number of hydrogen-bond donors (Lipinski definition) is 3. The number of carboxylic acid groups (broad SMARTS) is 1. The van der Waals surface area contributed by atoms with E-state index in [1.165, 1.54) is 18.9 Å². The maximum absolute atomic E-state index is 11.5. The minimum Gasteiger partial charge on any atom is -0.480 e. The SMILES string of the molecule is COC(=O)CC[C@@H](NC(=O)CCSCC(N)=O)C(=O)O. The molecule has 0 aliphatic carbocycles. The van der Waals surface area contributed by atoms with Crippen molar-refractivity contribution in [3.05, 3.63) is 0 Å². The van der Waals surface area contributed by atoms with Gasteiger partial charge in [-0.3, -0.25) is 14.4 Å². The van der Waals surface area contributed by atoms with Crippen LogP contribution in [0.4, 0.5) is 0 Å². The number of esters is 1. The maximum Gasteiger partial charge on any atom is 0.326 e. The predicted molar refractivity (Wildman–Crippen MR) is 72.0 cm³/mol. The van der Waals surface area contributed by atoms with E-state index in [9.17, 15) is 19.2 Å². The van der Waals surface area contributed by atoms with Crippen molar-refractivity contribution in [1.29, 1.82) is 0 Å². The molecule has 114 valence electrons. The Labute approximate surface area is 120 Å². The number of carbonyl (C=O) groups excluding carboxylic acids is 3. The number of primary amides is 1. The first-order chi connectivity index (χ1) is 9.36. The van der Waals surface area contributed by atoms with Crippen LogP contribution in [-0.4, -0.2) is 53.5 Å². The summed E-state index contributed by atoms with van der Waals surface area (Å²) in [6.07, 6.45) is -0.0632. The van der Waals surface area contributed by atoms with Gasteiger partial charge < -0.3 is 20.9 Å². The van der Waals surface area contributed by atoms with Crippen molar-refractivity contribution in [1.82, 2.24) is 5.32 Å². The Morgan fingerprint density at radius 1 is 1.30 bits per heavy atom. The molecular weight excluding hydrogens is 288 g/mol. The van der Waals surface area contributed by atoms with Crippen molar-refractivity contribution < 1.29 is 29.0 Å². The van der Waals surface area contributed by atoms with Gasteiger partial charge in [0.05, 0.1) is 12.9 Å². The number of carboxylic acids is 1. The molecule has 0 aromatic rings. The topological polar surface area (TPSA) is 136 Å². The Morgan fingerprint density at radius 3 is 2.45 bits per heavy atom. The fourth-order valence-corrected chi connectivity index (χ4v) is 1.90. The molecular formula is C11H18N2O6S. The third-order valence-electron chi connectivity index (χ3n) is 2.22. The summed E-state index contributed by atoms with van der Waals surface area (Å²) in [4.78, 5) is 43.8. The monoisotopic (exact) mass is 306 g/mol. The third-order valence-corrected chi connectivity index (χ3v) is 3.20. The van der Waals surface area contributed by atoms with Gasteiger partial charge in [-0.2, -0.15) is 11.8 Å². The molecule has 0 rings (SSSR count). The summed E-state index contributed by atoms with van der Waals surface area (Å²) in [6, 6.07) is -1.14. The van der Waals surface area contributed by atoms with Crippen molar-refractivity contribution >= 4 is 35.5 Å². The molecule has 0 aromatic carbocycles. The summed E-state index contributed by atoms with van der Waals surface area (Å²) in [5.41, 5.74) is 4.93. The minimum atomic E-state index is -1.22. The highest BCUT2D eigenvalue weighted by molar-refractivity contribution is 7.99. The lowest BCUT2D eigenvalue weighted by atomic mass is 10.1. The second kappa shape index (κ2) is 10.1.